The predicted molar refractivity (Wildman–Crippen MR) is 83.6 cm³/mol. The Kier molecular flexibility index (Phi) is 6.54. The molecule has 1 rings (SSSR count). The van der Waals surface area contributed by atoms with Crippen molar-refractivity contribution in [1.82, 2.24) is 5.32 Å². The third-order valence-corrected chi connectivity index (χ3v) is 4.92. The first-order valence-corrected chi connectivity index (χ1v) is 7.85. The molecule has 0 aliphatic heterocycles. The molecule has 0 saturated carbocycles. The smallest absolute Gasteiger partial charge is 0.0462 e. The summed E-state index contributed by atoms with van der Waals surface area (Å²) in [5.41, 5.74) is 1.23. The minimum absolute atomic E-state index is 0.474. The van der Waals surface area contributed by atoms with Gasteiger partial charge in [-0.15, -0.1) is 11.8 Å². The molecule has 3 heteroatoms. The maximum Gasteiger partial charge on any atom is 0.0462 e. The van der Waals surface area contributed by atoms with Crippen LogP contribution in [0.4, 0.5) is 0 Å². The number of rotatable bonds is 6. The van der Waals surface area contributed by atoms with Gasteiger partial charge >= 0.3 is 0 Å². The maximum absolute atomic E-state index is 6.32. The molecular formula is C15H24ClNS. The van der Waals surface area contributed by atoms with Crippen LogP contribution in [-0.2, 0) is 6.54 Å². The van der Waals surface area contributed by atoms with Crippen molar-refractivity contribution in [2.75, 3.05) is 0 Å². The number of hydrogen-bond acceptors (Lipinski definition) is 2. The summed E-state index contributed by atoms with van der Waals surface area (Å²) in [5, 5.41) is 4.91. The average molecular weight is 286 g/mol. The van der Waals surface area contributed by atoms with E-state index < -0.39 is 0 Å². The van der Waals surface area contributed by atoms with E-state index >= 15 is 0 Å². The van der Waals surface area contributed by atoms with Crippen molar-refractivity contribution in [3.8, 4) is 0 Å². The largest absolute Gasteiger partial charge is 0.310 e. The van der Waals surface area contributed by atoms with E-state index in [1.165, 1.54) is 10.5 Å². The molecule has 0 heterocycles. The molecule has 0 radical (unpaired) electrons. The van der Waals surface area contributed by atoms with Crippen molar-refractivity contribution in [3.05, 3.63) is 28.8 Å². The number of nitrogens with one attached hydrogen (secondary N) is 1. The van der Waals surface area contributed by atoms with Crippen LogP contribution in [0.15, 0.2) is 23.1 Å². The molecule has 1 aromatic rings. The van der Waals surface area contributed by atoms with Crippen molar-refractivity contribution in [3.63, 3.8) is 0 Å². The van der Waals surface area contributed by atoms with Crippen molar-refractivity contribution in [2.24, 2.45) is 5.92 Å². The molecule has 102 valence electrons. The van der Waals surface area contributed by atoms with Crippen LogP contribution in [0.1, 0.15) is 40.2 Å². The average Bonchev–Trinajstić information content (AvgIpc) is 2.27. The normalized spacial score (nSPS) is 13.3. The molecule has 0 aromatic heterocycles. The summed E-state index contributed by atoms with van der Waals surface area (Å²) in [4.78, 5) is 1.30. The molecule has 1 nitrogen and oxygen atoms in total. The molecule has 0 aliphatic carbocycles. The van der Waals surface area contributed by atoms with Gasteiger partial charge in [0.2, 0.25) is 0 Å². The first-order valence-electron chi connectivity index (χ1n) is 6.59. The Hall–Kier alpha value is -0.180. The summed E-state index contributed by atoms with van der Waals surface area (Å²) >= 11 is 8.24. The summed E-state index contributed by atoms with van der Waals surface area (Å²) in [6, 6.07) is 6.66. The Morgan fingerprint density at radius 3 is 2.39 bits per heavy atom. The van der Waals surface area contributed by atoms with E-state index in [9.17, 15) is 0 Å². The summed E-state index contributed by atoms with van der Waals surface area (Å²) in [6.07, 6.45) is 0. The van der Waals surface area contributed by atoms with Crippen LogP contribution in [0.3, 0.4) is 0 Å². The predicted octanol–water partition coefficient (Wildman–Crippen LogP) is 4.97. The van der Waals surface area contributed by atoms with Crippen LogP contribution in [-0.4, -0.2) is 11.3 Å². The quantitative estimate of drug-likeness (QED) is 0.740. The van der Waals surface area contributed by atoms with Crippen LogP contribution in [0, 0.1) is 5.92 Å². The van der Waals surface area contributed by atoms with Gasteiger partial charge in [0.05, 0.1) is 0 Å². The van der Waals surface area contributed by atoms with E-state index in [-0.39, 0.29) is 0 Å². The number of thioether (sulfide) groups is 1. The maximum atomic E-state index is 6.32. The van der Waals surface area contributed by atoms with Gasteiger partial charge < -0.3 is 5.32 Å². The van der Waals surface area contributed by atoms with Crippen LogP contribution in [0.2, 0.25) is 5.02 Å². The molecule has 1 atom stereocenters. The molecule has 0 amide bonds. The molecule has 18 heavy (non-hydrogen) atoms. The van der Waals surface area contributed by atoms with Crippen LogP contribution in [0.25, 0.3) is 0 Å². The highest BCUT2D eigenvalue weighted by atomic mass is 35.5. The highest BCUT2D eigenvalue weighted by Crippen LogP contribution is 2.33. The summed E-state index contributed by atoms with van der Waals surface area (Å²) in [7, 11) is 0. The van der Waals surface area contributed by atoms with E-state index in [4.69, 9.17) is 11.6 Å². The van der Waals surface area contributed by atoms with Crippen LogP contribution < -0.4 is 5.32 Å². The molecule has 1 N–H and O–H groups in total. The van der Waals surface area contributed by atoms with Gasteiger partial charge in [-0.1, -0.05) is 52.3 Å². The molecule has 1 unspecified atom stereocenters. The second kappa shape index (κ2) is 7.42. The van der Waals surface area contributed by atoms with Crippen molar-refractivity contribution >= 4 is 23.4 Å². The zero-order chi connectivity index (χ0) is 13.7. The molecular weight excluding hydrogens is 262 g/mol. The van der Waals surface area contributed by atoms with Gasteiger partial charge in [-0.2, -0.15) is 0 Å². The lowest BCUT2D eigenvalue weighted by Gasteiger charge is -2.19. The van der Waals surface area contributed by atoms with Gasteiger partial charge in [-0.25, -0.2) is 0 Å². The molecule has 1 aromatic carbocycles. The summed E-state index contributed by atoms with van der Waals surface area (Å²) in [5.74, 6) is 0.667. The minimum Gasteiger partial charge on any atom is -0.310 e. The lowest BCUT2D eigenvalue weighted by Crippen LogP contribution is -2.22. The lowest BCUT2D eigenvalue weighted by molar-refractivity contribution is 0.584. The van der Waals surface area contributed by atoms with E-state index in [0.717, 1.165) is 11.6 Å². The third-order valence-electron chi connectivity index (χ3n) is 3.01. The second-order valence-corrected chi connectivity index (χ2v) is 7.15. The van der Waals surface area contributed by atoms with E-state index in [0.29, 0.717) is 17.2 Å². The molecule has 0 saturated heterocycles. The van der Waals surface area contributed by atoms with Gasteiger partial charge in [0.25, 0.3) is 0 Å². The van der Waals surface area contributed by atoms with Gasteiger partial charge in [0, 0.05) is 27.8 Å². The van der Waals surface area contributed by atoms with E-state index in [1.807, 2.05) is 23.9 Å². The van der Waals surface area contributed by atoms with Crippen LogP contribution >= 0.6 is 23.4 Å². The fraction of sp³-hybridized carbons (Fsp3) is 0.600. The third kappa shape index (κ3) is 4.83. The van der Waals surface area contributed by atoms with Gasteiger partial charge in [-0.3, -0.25) is 0 Å². The number of hydrogen-bond donors (Lipinski definition) is 1. The SMILES string of the molecule is CC(C)NCc1c(Cl)cccc1SC(C)C(C)C. The Morgan fingerprint density at radius 2 is 1.83 bits per heavy atom. The molecule has 0 aliphatic rings. The number of benzene rings is 1. The van der Waals surface area contributed by atoms with Crippen molar-refractivity contribution < 1.29 is 0 Å². The molecule has 0 fully saturated rings. The minimum atomic E-state index is 0.474. The Bertz CT molecular complexity index is 377. The van der Waals surface area contributed by atoms with E-state index in [1.54, 1.807) is 0 Å². The first-order chi connectivity index (χ1) is 8.41. The van der Waals surface area contributed by atoms with Crippen molar-refractivity contribution in [1.29, 1.82) is 0 Å². The monoisotopic (exact) mass is 285 g/mol. The van der Waals surface area contributed by atoms with Gasteiger partial charge in [0.1, 0.15) is 0 Å². The fourth-order valence-corrected chi connectivity index (χ4v) is 2.91. The van der Waals surface area contributed by atoms with E-state index in [2.05, 4.69) is 46.0 Å². The molecule has 0 spiro atoms. The summed E-state index contributed by atoms with van der Waals surface area (Å²) in [6.45, 7) is 11.9. The highest BCUT2D eigenvalue weighted by Gasteiger charge is 2.13. The van der Waals surface area contributed by atoms with Gasteiger partial charge in [-0.05, 0) is 23.6 Å². The highest BCUT2D eigenvalue weighted by molar-refractivity contribution is 8.00. The fourth-order valence-electron chi connectivity index (χ4n) is 1.46. The summed E-state index contributed by atoms with van der Waals surface area (Å²) < 4.78 is 0. The topological polar surface area (TPSA) is 12.0 Å². The zero-order valence-corrected chi connectivity index (χ0v) is 13.5. The Labute approximate surface area is 121 Å². The Morgan fingerprint density at radius 1 is 1.17 bits per heavy atom. The van der Waals surface area contributed by atoms with Crippen molar-refractivity contribution in [2.45, 2.75) is 57.4 Å². The van der Waals surface area contributed by atoms with Crippen LogP contribution in [0.5, 0.6) is 0 Å². The standard InChI is InChI=1S/C15H24ClNS/c1-10(2)12(5)18-15-8-6-7-14(16)13(15)9-17-11(3)4/h6-8,10-12,17H,9H2,1-5H3. The first kappa shape index (κ1) is 15.9. The molecule has 0 bridgehead atoms. The lowest BCUT2D eigenvalue weighted by atomic mass is 10.1. The Balaban J connectivity index is 2.86. The van der Waals surface area contributed by atoms with Gasteiger partial charge in [0.15, 0.2) is 0 Å². The number of halogens is 1. The second-order valence-electron chi connectivity index (χ2n) is 5.32. The zero-order valence-electron chi connectivity index (χ0n) is 12.0.